The summed E-state index contributed by atoms with van der Waals surface area (Å²) in [6, 6.07) is 5.91. The third kappa shape index (κ3) is 3.74. The molecule has 0 atom stereocenters. The summed E-state index contributed by atoms with van der Waals surface area (Å²) in [6.07, 6.45) is 2.68. The number of hydrogen-bond acceptors (Lipinski definition) is 3. The number of hydrogen-bond donors (Lipinski definition) is 1. The second kappa shape index (κ2) is 6.03. The van der Waals surface area contributed by atoms with Crippen LogP contribution >= 0.6 is 12.6 Å². The monoisotopic (exact) mass is 183 g/mol. The van der Waals surface area contributed by atoms with Crippen LogP contribution in [-0.2, 0) is 11.2 Å². The van der Waals surface area contributed by atoms with Gasteiger partial charge in [0.2, 0.25) is 0 Å². The van der Waals surface area contributed by atoms with Crippen LogP contribution in [0, 0.1) is 0 Å². The molecule has 0 spiro atoms. The van der Waals surface area contributed by atoms with Crippen LogP contribution in [0.3, 0.4) is 0 Å². The molecule has 0 bridgehead atoms. The van der Waals surface area contributed by atoms with Gasteiger partial charge in [-0.2, -0.15) is 12.6 Å². The lowest BCUT2D eigenvalue weighted by Gasteiger charge is -2.00. The van der Waals surface area contributed by atoms with Gasteiger partial charge in [-0.15, -0.1) is 0 Å². The van der Waals surface area contributed by atoms with Crippen molar-refractivity contribution in [1.82, 2.24) is 4.98 Å². The highest BCUT2D eigenvalue weighted by molar-refractivity contribution is 7.80. The number of ether oxygens (including phenoxy) is 1. The van der Waals surface area contributed by atoms with Gasteiger partial charge >= 0.3 is 0 Å². The van der Waals surface area contributed by atoms with Gasteiger partial charge in [0.05, 0.1) is 13.2 Å². The van der Waals surface area contributed by atoms with Gasteiger partial charge < -0.3 is 4.74 Å². The van der Waals surface area contributed by atoms with Crippen LogP contribution in [0.1, 0.15) is 5.69 Å². The lowest BCUT2D eigenvalue weighted by Crippen LogP contribution is -2.01. The maximum atomic E-state index is 5.27. The Kier molecular flexibility index (Phi) is 4.80. The fraction of sp³-hybridized carbons (Fsp3) is 0.444. The molecule has 66 valence electrons. The molecule has 0 saturated heterocycles. The van der Waals surface area contributed by atoms with Gasteiger partial charge in [0.25, 0.3) is 0 Å². The van der Waals surface area contributed by atoms with Gasteiger partial charge in [0, 0.05) is 24.1 Å². The first kappa shape index (κ1) is 9.55. The Hall–Kier alpha value is -0.540. The van der Waals surface area contributed by atoms with Gasteiger partial charge in [0.15, 0.2) is 0 Å². The highest BCUT2D eigenvalue weighted by atomic mass is 32.1. The maximum absolute atomic E-state index is 5.27. The smallest absolute Gasteiger partial charge is 0.0554 e. The zero-order chi connectivity index (χ0) is 8.65. The van der Waals surface area contributed by atoms with Crippen molar-refractivity contribution >= 4 is 12.6 Å². The lowest BCUT2D eigenvalue weighted by molar-refractivity contribution is 0.153. The normalized spacial score (nSPS) is 10.1. The first-order valence-electron chi connectivity index (χ1n) is 4.02. The summed E-state index contributed by atoms with van der Waals surface area (Å²) in [5, 5.41) is 0. The van der Waals surface area contributed by atoms with Crippen molar-refractivity contribution in [1.29, 1.82) is 0 Å². The van der Waals surface area contributed by atoms with Gasteiger partial charge in [-0.25, -0.2) is 0 Å². The van der Waals surface area contributed by atoms with Crippen LogP contribution in [0.15, 0.2) is 24.4 Å². The minimum absolute atomic E-state index is 0.718. The topological polar surface area (TPSA) is 22.1 Å². The number of nitrogens with zero attached hydrogens (tertiary/aromatic N) is 1. The Balaban J connectivity index is 2.16. The van der Waals surface area contributed by atoms with E-state index in [9.17, 15) is 0 Å². The summed E-state index contributed by atoms with van der Waals surface area (Å²) in [4.78, 5) is 4.18. The molecule has 3 heteroatoms. The molecule has 1 rings (SSSR count). The van der Waals surface area contributed by atoms with E-state index < -0.39 is 0 Å². The van der Waals surface area contributed by atoms with E-state index in [1.54, 1.807) is 6.20 Å². The van der Waals surface area contributed by atoms with E-state index in [0.29, 0.717) is 0 Å². The van der Waals surface area contributed by atoms with E-state index in [0.717, 1.165) is 31.1 Å². The molecular weight excluding hydrogens is 170 g/mol. The average Bonchev–Trinajstić information content (AvgIpc) is 2.14. The number of aromatic nitrogens is 1. The van der Waals surface area contributed by atoms with E-state index in [2.05, 4.69) is 17.6 Å². The Bertz CT molecular complexity index is 203. The molecule has 0 aliphatic heterocycles. The van der Waals surface area contributed by atoms with E-state index in [4.69, 9.17) is 4.74 Å². The van der Waals surface area contributed by atoms with Crippen molar-refractivity contribution < 1.29 is 4.74 Å². The molecular formula is C9H13NOS. The molecule has 0 aromatic carbocycles. The molecule has 0 amide bonds. The fourth-order valence-corrected chi connectivity index (χ4v) is 1.02. The Morgan fingerprint density at radius 1 is 1.33 bits per heavy atom. The minimum Gasteiger partial charge on any atom is -0.380 e. The van der Waals surface area contributed by atoms with Gasteiger partial charge in [-0.3, -0.25) is 4.98 Å². The molecule has 0 N–H and O–H groups in total. The van der Waals surface area contributed by atoms with E-state index in [-0.39, 0.29) is 0 Å². The maximum Gasteiger partial charge on any atom is 0.0554 e. The van der Waals surface area contributed by atoms with Crippen LogP contribution < -0.4 is 0 Å². The molecule has 1 heterocycles. The largest absolute Gasteiger partial charge is 0.380 e. The molecule has 1 aromatic rings. The Morgan fingerprint density at radius 2 is 2.25 bits per heavy atom. The third-order valence-corrected chi connectivity index (χ3v) is 1.65. The quantitative estimate of drug-likeness (QED) is 0.553. The minimum atomic E-state index is 0.718. The predicted octanol–water partition coefficient (Wildman–Crippen LogP) is 1.57. The zero-order valence-electron chi connectivity index (χ0n) is 6.94. The van der Waals surface area contributed by atoms with Crippen LogP contribution in [0.5, 0.6) is 0 Å². The molecule has 0 aliphatic carbocycles. The summed E-state index contributed by atoms with van der Waals surface area (Å²) in [5.74, 6) is 0.780. The molecule has 12 heavy (non-hydrogen) atoms. The molecule has 0 fully saturated rings. The Labute approximate surface area is 78.4 Å². The number of thiol groups is 1. The summed E-state index contributed by atoms with van der Waals surface area (Å²) in [6.45, 7) is 1.45. The molecule has 0 aliphatic rings. The highest BCUT2D eigenvalue weighted by Crippen LogP contribution is 1.94. The van der Waals surface area contributed by atoms with Crippen molar-refractivity contribution in [2.75, 3.05) is 19.0 Å². The second-order valence-electron chi connectivity index (χ2n) is 2.41. The molecule has 0 saturated carbocycles. The van der Waals surface area contributed by atoms with Gasteiger partial charge in [-0.05, 0) is 12.1 Å². The van der Waals surface area contributed by atoms with Gasteiger partial charge in [-0.1, -0.05) is 6.07 Å². The van der Waals surface area contributed by atoms with E-state index >= 15 is 0 Å². The zero-order valence-corrected chi connectivity index (χ0v) is 7.83. The third-order valence-electron chi connectivity index (χ3n) is 1.46. The first-order chi connectivity index (χ1) is 5.93. The van der Waals surface area contributed by atoms with E-state index in [1.807, 2.05) is 18.2 Å². The summed E-state index contributed by atoms with van der Waals surface area (Å²) >= 11 is 4.04. The van der Waals surface area contributed by atoms with Crippen LogP contribution in [0.25, 0.3) is 0 Å². The molecule has 2 nitrogen and oxygen atoms in total. The van der Waals surface area contributed by atoms with Crippen LogP contribution in [-0.4, -0.2) is 24.0 Å². The summed E-state index contributed by atoms with van der Waals surface area (Å²) < 4.78 is 5.27. The molecule has 0 unspecified atom stereocenters. The van der Waals surface area contributed by atoms with Gasteiger partial charge in [0.1, 0.15) is 0 Å². The van der Waals surface area contributed by atoms with E-state index in [1.165, 1.54) is 0 Å². The predicted molar refractivity (Wildman–Crippen MR) is 52.6 cm³/mol. The van der Waals surface area contributed by atoms with Crippen molar-refractivity contribution in [2.45, 2.75) is 6.42 Å². The standard InChI is InChI=1S/C9H13NOS/c12-8-7-11-6-4-9-3-1-2-5-10-9/h1-3,5,12H,4,6-8H2. The SMILES string of the molecule is SCCOCCc1ccccn1. The summed E-state index contributed by atoms with van der Waals surface area (Å²) in [7, 11) is 0. The van der Waals surface area contributed by atoms with Crippen LogP contribution in [0.2, 0.25) is 0 Å². The second-order valence-corrected chi connectivity index (χ2v) is 2.85. The number of rotatable bonds is 5. The Morgan fingerprint density at radius 3 is 2.92 bits per heavy atom. The lowest BCUT2D eigenvalue weighted by atomic mass is 10.3. The first-order valence-corrected chi connectivity index (χ1v) is 4.65. The molecule has 1 aromatic heterocycles. The van der Waals surface area contributed by atoms with Crippen molar-refractivity contribution in [3.8, 4) is 0 Å². The van der Waals surface area contributed by atoms with Crippen molar-refractivity contribution in [3.05, 3.63) is 30.1 Å². The van der Waals surface area contributed by atoms with Crippen molar-refractivity contribution in [2.24, 2.45) is 0 Å². The van der Waals surface area contributed by atoms with Crippen molar-refractivity contribution in [3.63, 3.8) is 0 Å². The van der Waals surface area contributed by atoms with Crippen LogP contribution in [0.4, 0.5) is 0 Å². The molecule has 0 radical (unpaired) electrons. The number of pyridine rings is 1. The highest BCUT2D eigenvalue weighted by Gasteiger charge is 1.91. The fourth-order valence-electron chi connectivity index (χ4n) is 0.889. The summed E-state index contributed by atoms with van der Waals surface area (Å²) in [5.41, 5.74) is 1.08. The average molecular weight is 183 g/mol.